The second kappa shape index (κ2) is 9.42. The van der Waals surface area contributed by atoms with Gasteiger partial charge in [-0.2, -0.15) is 0 Å². The predicted molar refractivity (Wildman–Crippen MR) is 110 cm³/mol. The molecule has 2 fully saturated rings. The number of benzene rings is 1. The van der Waals surface area contributed by atoms with Crippen molar-refractivity contribution in [1.82, 2.24) is 10.2 Å². The number of carbonyl (C=O) groups excluding carboxylic acids is 2. The van der Waals surface area contributed by atoms with Gasteiger partial charge in [-0.15, -0.1) is 12.4 Å². The molecule has 2 unspecified atom stereocenters. The Kier molecular flexibility index (Phi) is 7.50. The monoisotopic (exact) mass is 394 g/mol. The van der Waals surface area contributed by atoms with Crippen molar-refractivity contribution in [3.8, 4) is 0 Å². The number of para-hydroxylation sites is 1. The molecular weight excluding hydrogens is 364 g/mol. The summed E-state index contributed by atoms with van der Waals surface area (Å²) in [5.74, 6) is 0.129. The Labute approximate surface area is 167 Å². The van der Waals surface area contributed by atoms with E-state index in [0.29, 0.717) is 13.1 Å². The lowest BCUT2D eigenvalue weighted by Gasteiger charge is -2.41. The second-order valence-corrected chi connectivity index (χ2v) is 7.87. The van der Waals surface area contributed by atoms with E-state index in [1.165, 1.54) is 0 Å². The molecule has 4 N–H and O–H groups in total. The molecule has 27 heavy (non-hydrogen) atoms. The zero-order chi connectivity index (χ0) is 18.6. The molecule has 0 spiro atoms. The third-order valence-electron chi connectivity index (χ3n) is 5.73. The quantitative estimate of drug-likeness (QED) is 0.735. The first kappa shape index (κ1) is 21.5. The van der Waals surface area contributed by atoms with Gasteiger partial charge in [0.2, 0.25) is 5.91 Å². The van der Waals surface area contributed by atoms with Gasteiger partial charge in [0.05, 0.1) is 5.92 Å². The van der Waals surface area contributed by atoms with Crippen LogP contribution in [0.25, 0.3) is 0 Å². The van der Waals surface area contributed by atoms with Crippen molar-refractivity contribution in [1.29, 1.82) is 0 Å². The summed E-state index contributed by atoms with van der Waals surface area (Å²) >= 11 is 0. The smallest absolute Gasteiger partial charge is 0.319 e. The van der Waals surface area contributed by atoms with Crippen molar-refractivity contribution >= 4 is 30.0 Å². The van der Waals surface area contributed by atoms with Gasteiger partial charge in [-0.25, -0.2) is 4.79 Å². The lowest BCUT2D eigenvalue weighted by Crippen LogP contribution is -2.56. The number of halogens is 1. The van der Waals surface area contributed by atoms with Crippen LogP contribution in [0, 0.1) is 5.92 Å². The number of hydrogen-bond acceptors (Lipinski definition) is 3. The van der Waals surface area contributed by atoms with Gasteiger partial charge in [0.15, 0.2) is 0 Å². The fourth-order valence-corrected chi connectivity index (χ4v) is 4.10. The normalized spacial score (nSPS) is 26.0. The van der Waals surface area contributed by atoms with E-state index >= 15 is 0 Å². The minimum Gasteiger partial charge on any atom is -0.342 e. The Bertz CT molecular complexity index is 630. The van der Waals surface area contributed by atoms with Crippen LogP contribution in [0.3, 0.4) is 0 Å². The number of nitrogens with two attached hydrogens (primary N) is 1. The SMILES string of the molecule is CC1(N)CCCCC1C(=O)N1CCC(NC(=O)Nc2ccccc2)CC1.Cl. The maximum absolute atomic E-state index is 12.9. The number of nitrogens with one attached hydrogen (secondary N) is 2. The molecule has 1 aliphatic carbocycles. The summed E-state index contributed by atoms with van der Waals surface area (Å²) in [5.41, 5.74) is 6.77. The molecule has 150 valence electrons. The molecule has 3 amide bonds. The molecule has 1 aliphatic heterocycles. The average Bonchev–Trinajstić information content (AvgIpc) is 2.62. The Morgan fingerprint density at radius 1 is 1.11 bits per heavy atom. The highest BCUT2D eigenvalue weighted by molar-refractivity contribution is 5.89. The standard InChI is InChI=1S/C20H30N4O2.ClH/c1-20(21)12-6-5-9-17(20)18(25)24-13-10-16(11-14-24)23-19(26)22-15-7-3-2-4-8-15;/h2-4,7-8,16-17H,5-6,9-14,21H2,1H3,(H2,22,23,26);1H. The topological polar surface area (TPSA) is 87.5 Å². The van der Waals surface area contributed by atoms with E-state index in [4.69, 9.17) is 5.73 Å². The molecular formula is C20H31ClN4O2. The zero-order valence-electron chi connectivity index (χ0n) is 15.9. The summed E-state index contributed by atoms with van der Waals surface area (Å²) in [5, 5.41) is 5.85. The molecule has 3 rings (SSSR count). The number of likely N-dealkylation sites (tertiary alicyclic amines) is 1. The number of carbonyl (C=O) groups is 2. The number of anilines is 1. The number of rotatable bonds is 3. The molecule has 2 aliphatic rings. The minimum absolute atomic E-state index is 0. The van der Waals surface area contributed by atoms with Crippen LogP contribution >= 0.6 is 12.4 Å². The summed E-state index contributed by atoms with van der Waals surface area (Å²) in [4.78, 5) is 26.9. The van der Waals surface area contributed by atoms with Gasteiger partial charge in [-0.1, -0.05) is 31.0 Å². The van der Waals surface area contributed by atoms with Gasteiger partial charge >= 0.3 is 6.03 Å². The van der Waals surface area contributed by atoms with Crippen molar-refractivity contribution in [2.24, 2.45) is 11.7 Å². The molecule has 1 aromatic carbocycles. The third kappa shape index (κ3) is 5.59. The van der Waals surface area contributed by atoms with Crippen LogP contribution in [0.5, 0.6) is 0 Å². The highest BCUT2D eigenvalue weighted by Gasteiger charge is 2.40. The van der Waals surface area contributed by atoms with Crippen molar-refractivity contribution in [2.45, 2.75) is 57.0 Å². The number of amides is 3. The highest BCUT2D eigenvalue weighted by Crippen LogP contribution is 2.33. The second-order valence-electron chi connectivity index (χ2n) is 7.87. The van der Waals surface area contributed by atoms with E-state index < -0.39 is 0 Å². The number of nitrogens with zero attached hydrogens (tertiary/aromatic N) is 1. The number of hydrogen-bond donors (Lipinski definition) is 3. The molecule has 0 radical (unpaired) electrons. The van der Waals surface area contributed by atoms with Crippen LogP contribution < -0.4 is 16.4 Å². The first-order chi connectivity index (χ1) is 12.5. The molecule has 1 aromatic rings. The van der Waals surface area contributed by atoms with E-state index in [2.05, 4.69) is 10.6 Å². The molecule has 0 bridgehead atoms. The summed E-state index contributed by atoms with van der Waals surface area (Å²) < 4.78 is 0. The van der Waals surface area contributed by atoms with Crippen LogP contribution in [0.4, 0.5) is 10.5 Å². The van der Waals surface area contributed by atoms with Gasteiger partial charge in [0.25, 0.3) is 0 Å². The van der Waals surface area contributed by atoms with E-state index in [9.17, 15) is 9.59 Å². The van der Waals surface area contributed by atoms with Crippen LogP contribution in [-0.4, -0.2) is 41.5 Å². The van der Waals surface area contributed by atoms with Crippen molar-refractivity contribution in [2.75, 3.05) is 18.4 Å². The van der Waals surface area contributed by atoms with E-state index in [-0.39, 0.29) is 41.8 Å². The fraction of sp³-hybridized carbons (Fsp3) is 0.600. The number of piperidine rings is 1. The first-order valence-electron chi connectivity index (χ1n) is 9.66. The maximum Gasteiger partial charge on any atom is 0.319 e. The Hall–Kier alpha value is -1.79. The molecule has 1 heterocycles. The van der Waals surface area contributed by atoms with E-state index in [0.717, 1.165) is 44.2 Å². The Morgan fingerprint density at radius 2 is 1.78 bits per heavy atom. The largest absolute Gasteiger partial charge is 0.342 e. The molecule has 2 atom stereocenters. The van der Waals surface area contributed by atoms with Crippen LogP contribution in [0.2, 0.25) is 0 Å². The summed E-state index contributed by atoms with van der Waals surface area (Å²) in [6.07, 6.45) is 5.56. The van der Waals surface area contributed by atoms with Crippen LogP contribution in [0.1, 0.15) is 45.4 Å². The van der Waals surface area contributed by atoms with Crippen molar-refractivity contribution < 1.29 is 9.59 Å². The minimum atomic E-state index is -0.389. The lowest BCUT2D eigenvalue weighted by molar-refractivity contribution is -0.140. The zero-order valence-corrected chi connectivity index (χ0v) is 16.8. The maximum atomic E-state index is 12.9. The van der Waals surface area contributed by atoms with E-state index in [1.54, 1.807) is 0 Å². The van der Waals surface area contributed by atoms with Crippen LogP contribution in [-0.2, 0) is 4.79 Å². The van der Waals surface area contributed by atoms with Crippen LogP contribution in [0.15, 0.2) is 30.3 Å². The van der Waals surface area contributed by atoms with Gasteiger partial charge in [-0.05, 0) is 44.7 Å². The Morgan fingerprint density at radius 3 is 2.41 bits per heavy atom. The Balaban J connectivity index is 0.00000261. The molecule has 1 saturated carbocycles. The third-order valence-corrected chi connectivity index (χ3v) is 5.73. The predicted octanol–water partition coefficient (Wildman–Crippen LogP) is 3.13. The summed E-state index contributed by atoms with van der Waals surface area (Å²) in [7, 11) is 0. The molecule has 0 aromatic heterocycles. The van der Waals surface area contributed by atoms with Gasteiger partial charge in [-0.3, -0.25) is 4.79 Å². The van der Waals surface area contributed by atoms with Crippen molar-refractivity contribution in [3.63, 3.8) is 0 Å². The molecule has 1 saturated heterocycles. The van der Waals surface area contributed by atoms with Gasteiger partial charge in [0, 0.05) is 30.4 Å². The first-order valence-corrected chi connectivity index (χ1v) is 9.66. The highest BCUT2D eigenvalue weighted by atomic mass is 35.5. The van der Waals surface area contributed by atoms with E-state index in [1.807, 2.05) is 42.2 Å². The summed E-state index contributed by atoms with van der Waals surface area (Å²) in [6, 6.07) is 9.30. The van der Waals surface area contributed by atoms with Gasteiger partial charge < -0.3 is 21.3 Å². The van der Waals surface area contributed by atoms with Crippen molar-refractivity contribution in [3.05, 3.63) is 30.3 Å². The molecule has 7 heteroatoms. The molecule has 6 nitrogen and oxygen atoms in total. The lowest BCUT2D eigenvalue weighted by atomic mass is 9.74. The average molecular weight is 395 g/mol. The number of urea groups is 1. The summed E-state index contributed by atoms with van der Waals surface area (Å²) in [6.45, 7) is 3.38. The van der Waals surface area contributed by atoms with Gasteiger partial charge in [0.1, 0.15) is 0 Å². The fourth-order valence-electron chi connectivity index (χ4n) is 4.10.